The Bertz CT molecular complexity index is 956. The number of nitriles is 1. The number of esters is 1. The van der Waals surface area contributed by atoms with Crippen molar-refractivity contribution in [3.8, 4) is 6.07 Å². The van der Waals surface area contributed by atoms with E-state index in [0.717, 1.165) is 5.52 Å². The van der Waals surface area contributed by atoms with Crippen LogP contribution < -0.4 is 5.32 Å². The molecule has 0 aliphatic heterocycles. The molecular formula is C19H17N3O3. The third kappa shape index (κ3) is 3.45. The lowest BCUT2D eigenvalue weighted by molar-refractivity contribution is -0.141. The average Bonchev–Trinajstić information content (AvgIpc) is 3.08. The average molecular weight is 335 g/mol. The van der Waals surface area contributed by atoms with Crippen molar-refractivity contribution in [2.75, 3.05) is 12.4 Å². The molecule has 1 heterocycles. The van der Waals surface area contributed by atoms with Crippen LogP contribution in [0.1, 0.15) is 30.0 Å². The summed E-state index contributed by atoms with van der Waals surface area (Å²) in [6.45, 7) is 1.97. The van der Waals surface area contributed by atoms with Crippen molar-refractivity contribution in [2.45, 2.75) is 19.4 Å². The molecule has 0 radical (unpaired) electrons. The van der Waals surface area contributed by atoms with Gasteiger partial charge in [0.25, 0.3) is 0 Å². The lowest BCUT2D eigenvalue weighted by Crippen LogP contribution is -2.22. The Labute approximate surface area is 145 Å². The maximum atomic E-state index is 12.2. The van der Waals surface area contributed by atoms with Gasteiger partial charge in [0.1, 0.15) is 5.52 Å². The van der Waals surface area contributed by atoms with Crippen LogP contribution >= 0.6 is 0 Å². The standard InChI is InChI=1S/C19H17N3O3/c1-3-17-22-15-10-14(7-8-16(15)25-17)21-18(19(23)24-2)13-6-4-5-12(9-13)11-20/h4-10,18,21H,3H2,1-2H3/t18-/m0/s1. The van der Waals surface area contributed by atoms with Crippen molar-refractivity contribution in [1.82, 2.24) is 4.98 Å². The number of rotatable bonds is 5. The molecule has 6 heteroatoms. The SMILES string of the molecule is CCc1nc2cc(N[C@H](C(=O)OC)c3cccc(C#N)c3)ccc2o1. The summed E-state index contributed by atoms with van der Waals surface area (Å²) in [7, 11) is 1.33. The number of carbonyl (C=O) groups excluding carboxylic acids is 1. The molecule has 0 spiro atoms. The van der Waals surface area contributed by atoms with E-state index in [-0.39, 0.29) is 0 Å². The summed E-state index contributed by atoms with van der Waals surface area (Å²) < 4.78 is 10.5. The van der Waals surface area contributed by atoms with Gasteiger partial charge in [-0.15, -0.1) is 0 Å². The summed E-state index contributed by atoms with van der Waals surface area (Å²) in [6, 6.07) is 13.7. The number of aromatic nitrogens is 1. The maximum Gasteiger partial charge on any atom is 0.332 e. The number of nitrogens with zero attached hydrogens (tertiary/aromatic N) is 2. The van der Waals surface area contributed by atoms with Gasteiger partial charge in [0.2, 0.25) is 0 Å². The Hall–Kier alpha value is -3.33. The Balaban J connectivity index is 1.95. The number of hydrogen-bond donors (Lipinski definition) is 1. The molecule has 0 saturated carbocycles. The highest BCUT2D eigenvalue weighted by Gasteiger charge is 2.22. The number of oxazole rings is 1. The summed E-state index contributed by atoms with van der Waals surface area (Å²) in [4.78, 5) is 16.6. The molecule has 0 unspecified atom stereocenters. The van der Waals surface area contributed by atoms with Crippen LogP contribution in [0.4, 0.5) is 5.69 Å². The summed E-state index contributed by atoms with van der Waals surface area (Å²) in [5.41, 5.74) is 3.26. The summed E-state index contributed by atoms with van der Waals surface area (Å²) >= 11 is 0. The fraction of sp³-hybridized carbons (Fsp3) is 0.211. The minimum absolute atomic E-state index is 0.440. The van der Waals surface area contributed by atoms with Crippen molar-refractivity contribution in [2.24, 2.45) is 0 Å². The van der Waals surface area contributed by atoms with Crippen LogP contribution in [0, 0.1) is 11.3 Å². The van der Waals surface area contributed by atoms with Crippen molar-refractivity contribution in [1.29, 1.82) is 5.26 Å². The predicted octanol–water partition coefficient (Wildman–Crippen LogP) is 3.59. The van der Waals surface area contributed by atoms with Gasteiger partial charge in [0, 0.05) is 12.1 Å². The highest BCUT2D eigenvalue weighted by atomic mass is 16.5. The molecule has 0 aliphatic rings. The zero-order chi connectivity index (χ0) is 17.8. The maximum absolute atomic E-state index is 12.2. The van der Waals surface area contributed by atoms with Gasteiger partial charge in [-0.1, -0.05) is 19.1 Å². The number of benzene rings is 2. The van der Waals surface area contributed by atoms with Gasteiger partial charge in [0.15, 0.2) is 17.5 Å². The minimum Gasteiger partial charge on any atom is -0.467 e. The first-order valence-corrected chi connectivity index (χ1v) is 7.88. The Morgan fingerprint density at radius 3 is 2.92 bits per heavy atom. The minimum atomic E-state index is -0.728. The third-order valence-electron chi connectivity index (χ3n) is 3.83. The fourth-order valence-corrected chi connectivity index (χ4v) is 2.57. The Morgan fingerprint density at radius 2 is 2.20 bits per heavy atom. The van der Waals surface area contributed by atoms with Crippen molar-refractivity contribution >= 4 is 22.8 Å². The first-order chi connectivity index (χ1) is 12.1. The number of nitrogens with one attached hydrogen (secondary N) is 1. The van der Waals surface area contributed by atoms with E-state index in [4.69, 9.17) is 14.4 Å². The molecule has 0 saturated heterocycles. The van der Waals surface area contributed by atoms with E-state index in [9.17, 15) is 4.79 Å². The first-order valence-electron chi connectivity index (χ1n) is 7.88. The van der Waals surface area contributed by atoms with E-state index in [1.807, 2.05) is 25.1 Å². The summed E-state index contributed by atoms with van der Waals surface area (Å²) in [5.74, 6) is 0.225. The largest absolute Gasteiger partial charge is 0.467 e. The second kappa shape index (κ2) is 7.05. The monoisotopic (exact) mass is 335 g/mol. The van der Waals surface area contributed by atoms with E-state index in [1.54, 1.807) is 24.3 Å². The van der Waals surface area contributed by atoms with Crippen molar-refractivity contribution < 1.29 is 13.9 Å². The second-order valence-corrected chi connectivity index (χ2v) is 5.48. The number of hydrogen-bond acceptors (Lipinski definition) is 6. The van der Waals surface area contributed by atoms with Crippen LogP contribution in [0.3, 0.4) is 0 Å². The Morgan fingerprint density at radius 1 is 1.36 bits per heavy atom. The molecule has 0 amide bonds. The number of aryl methyl sites for hydroxylation is 1. The molecule has 6 nitrogen and oxygen atoms in total. The molecule has 1 atom stereocenters. The van der Waals surface area contributed by atoms with Gasteiger partial charge in [-0.25, -0.2) is 9.78 Å². The fourth-order valence-electron chi connectivity index (χ4n) is 2.57. The lowest BCUT2D eigenvalue weighted by atomic mass is 10.0. The van der Waals surface area contributed by atoms with Crippen LogP contribution in [0.15, 0.2) is 46.9 Å². The van der Waals surface area contributed by atoms with E-state index < -0.39 is 12.0 Å². The normalized spacial score (nSPS) is 11.7. The smallest absolute Gasteiger partial charge is 0.332 e. The summed E-state index contributed by atoms with van der Waals surface area (Å²) in [6.07, 6.45) is 0.711. The molecule has 1 aromatic heterocycles. The molecule has 2 aromatic carbocycles. The van der Waals surface area contributed by atoms with Crippen LogP contribution in [0.2, 0.25) is 0 Å². The number of carbonyl (C=O) groups is 1. The van der Waals surface area contributed by atoms with E-state index in [1.165, 1.54) is 7.11 Å². The van der Waals surface area contributed by atoms with Crippen LogP contribution in [-0.4, -0.2) is 18.1 Å². The highest BCUT2D eigenvalue weighted by molar-refractivity contribution is 5.83. The van der Waals surface area contributed by atoms with Gasteiger partial charge in [-0.05, 0) is 35.9 Å². The molecule has 0 aliphatic carbocycles. The van der Waals surface area contributed by atoms with Gasteiger partial charge in [0.05, 0.1) is 18.7 Å². The second-order valence-electron chi connectivity index (χ2n) is 5.48. The van der Waals surface area contributed by atoms with Crippen LogP contribution in [0.25, 0.3) is 11.1 Å². The van der Waals surface area contributed by atoms with Gasteiger partial charge in [-0.3, -0.25) is 0 Å². The van der Waals surface area contributed by atoms with E-state index in [0.29, 0.717) is 34.7 Å². The Kier molecular flexibility index (Phi) is 4.66. The molecule has 3 aromatic rings. The molecule has 126 valence electrons. The zero-order valence-electron chi connectivity index (χ0n) is 13.9. The predicted molar refractivity (Wildman–Crippen MR) is 92.9 cm³/mol. The van der Waals surface area contributed by atoms with E-state index >= 15 is 0 Å². The number of anilines is 1. The number of fused-ring (bicyclic) bond motifs is 1. The van der Waals surface area contributed by atoms with Gasteiger partial charge >= 0.3 is 5.97 Å². The molecule has 1 N–H and O–H groups in total. The summed E-state index contributed by atoms with van der Waals surface area (Å²) in [5, 5.41) is 12.2. The van der Waals surface area contributed by atoms with Gasteiger partial charge < -0.3 is 14.5 Å². The zero-order valence-corrected chi connectivity index (χ0v) is 13.9. The topological polar surface area (TPSA) is 88.1 Å². The van der Waals surface area contributed by atoms with Crippen LogP contribution in [-0.2, 0) is 16.0 Å². The van der Waals surface area contributed by atoms with E-state index in [2.05, 4.69) is 16.4 Å². The molecule has 3 rings (SSSR count). The molecule has 25 heavy (non-hydrogen) atoms. The lowest BCUT2D eigenvalue weighted by Gasteiger charge is -2.18. The number of ether oxygens (including phenoxy) is 1. The van der Waals surface area contributed by atoms with Gasteiger partial charge in [-0.2, -0.15) is 5.26 Å². The molecule has 0 fully saturated rings. The third-order valence-corrected chi connectivity index (χ3v) is 3.83. The first kappa shape index (κ1) is 16.5. The number of methoxy groups -OCH3 is 1. The van der Waals surface area contributed by atoms with Crippen molar-refractivity contribution in [3.05, 3.63) is 59.5 Å². The molecular weight excluding hydrogens is 318 g/mol. The highest BCUT2D eigenvalue weighted by Crippen LogP contribution is 2.25. The molecule has 0 bridgehead atoms. The quantitative estimate of drug-likeness (QED) is 0.717. The van der Waals surface area contributed by atoms with Crippen molar-refractivity contribution in [3.63, 3.8) is 0 Å². The van der Waals surface area contributed by atoms with Crippen LogP contribution in [0.5, 0.6) is 0 Å².